The Hall–Kier alpha value is -3.58. The molecule has 0 atom stereocenters. The first-order chi connectivity index (χ1) is 16.7. The smallest absolute Gasteiger partial charge is 0.239 e. The molecule has 7 heteroatoms. The fourth-order valence-electron chi connectivity index (χ4n) is 3.90. The van der Waals surface area contributed by atoms with Gasteiger partial charge in [0.15, 0.2) is 0 Å². The van der Waals surface area contributed by atoms with Gasteiger partial charge in [-0.25, -0.2) is 27.1 Å². The highest BCUT2D eigenvalue weighted by Gasteiger charge is 2.30. The van der Waals surface area contributed by atoms with Crippen LogP contribution in [0.2, 0.25) is 0 Å². The van der Waals surface area contributed by atoms with Crippen molar-refractivity contribution in [3.63, 3.8) is 0 Å². The monoisotopic (exact) mass is 488 g/mol. The molecule has 0 aliphatic heterocycles. The van der Waals surface area contributed by atoms with E-state index >= 15 is 0 Å². The first-order valence-electron chi connectivity index (χ1n) is 11.3. The van der Waals surface area contributed by atoms with E-state index in [9.17, 15) is 12.8 Å². The van der Waals surface area contributed by atoms with Gasteiger partial charge in [0.2, 0.25) is 16.0 Å². The third-order valence-electron chi connectivity index (χ3n) is 5.74. The van der Waals surface area contributed by atoms with E-state index in [1.165, 1.54) is 19.2 Å². The van der Waals surface area contributed by atoms with Gasteiger partial charge in [-0.2, -0.15) is 0 Å². The van der Waals surface area contributed by atoms with Gasteiger partial charge in [-0.3, -0.25) is 0 Å². The lowest BCUT2D eigenvalue weighted by atomic mass is 9.80. The number of hydrogen-bond acceptors (Lipinski definition) is 4. The molecule has 0 N–H and O–H groups in total. The van der Waals surface area contributed by atoms with Crippen molar-refractivity contribution in [1.82, 2.24) is 9.97 Å². The third-order valence-corrected chi connectivity index (χ3v) is 6.90. The van der Waals surface area contributed by atoms with Crippen LogP contribution in [0.1, 0.15) is 42.1 Å². The molecular formula is C28H27FN3O2S. The van der Waals surface area contributed by atoms with Gasteiger partial charge in [-0.15, -0.1) is 0 Å². The average molecular weight is 489 g/mol. The van der Waals surface area contributed by atoms with Gasteiger partial charge in [0.05, 0.1) is 23.6 Å². The average Bonchev–Trinajstić information content (AvgIpc) is 2.85. The van der Waals surface area contributed by atoms with E-state index in [2.05, 4.69) is 0 Å². The highest BCUT2D eigenvalue weighted by molar-refractivity contribution is 7.92. The minimum Gasteiger partial charge on any atom is -0.241 e. The number of sulfonamides is 1. The quantitative estimate of drug-likeness (QED) is 0.329. The number of halogens is 1. The Labute approximate surface area is 206 Å². The second kappa shape index (κ2) is 9.96. The summed E-state index contributed by atoms with van der Waals surface area (Å²) in [6.07, 6.45) is 1.11. The molecule has 0 bridgehead atoms. The Kier molecular flexibility index (Phi) is 6.98. The van der Waals surface area contributed by atoms with Crippen LogP contribution < -0.4 is 4.31 Å². The molecule has 1 heterocycles. The summed E-state index contributed by atoms with van der Waals surface area (Å²) in [6.45, 7) is 4.02. The van der Waals surface area contributed by atoms with Gasteiger partial charge in [-0.05, 0) is 41.3 Å². The summed E-state index contributed by atoms with van der Waals surface area (Å²) in [7, 11) is -2.17. The number of nitrogens with zero attached hydrogens (tertiary/aromatic N) is 3. The molecule has 0 fully saturated rings. The van der Waals surface area contributed by atoms with E-state index in [0.717, 1.165) is 33.2 Å². The van der Waals surface area contributed by atoms with Crippen LogP contribution in [-0.2, 0) is 10.0 Å². The van der Waals surface area contributed by atoms with E-state index in [1.54, 1.807) is 12.1 Å². The lowest BCUT2D eigenvalue weighted by Gasteiger charge is -2.26. The van der Waals surface area contributed by atoms with Gasteiger partial charge < -0.3 is 0 Å². The van der Waals surface area contributed by atoms with E-state index in [1.807, 2.05) is 74.5 Å². The number of anilines is 1. The number of hydrogen-bond donors (Lipinski definition) is 0. The zero-order chi connectivity index (χ0) is 25.2. The maximum absolute atomic E-state index is 13.8. The molecule has 0 amide bonds. The van der Waals surface area contributed by atoms with E-state index in [-0.39, 0.29) is 17.7 Å². The third kappa shape index (κ3) is 5.25. The van der Waals surface area contributed by atoms with Crippen molar-refractivity contribution in [3.8, 4) is 11.3 Å². The van der Waals surface area contributed by atoms with Gasteiger partial charge in [0, 0.05) is 18.2 Å². The lowest BCUT2D eigenvalue weighted by molar-refractivity contribution is 0.599. The van der Waals surface area contributed by atoms with Crippen molar-refractivity contribution in [2.24, 2.45) is 0 Å². The van der Waals surface area contributed by atoms with Crippen LogP contribution in [0.5, 0.6) is 0 Å². The van der Waals surface area contributed by atoms with Gasteiger partial charge >= 0.3 is 0 Å². The van der Waals surface area contributed by atoms with Crippen molar-refractivity contribution in [2.45, 2.75) is 19.8 Å². The minimum absolute atomic E-state index is 0.0543. The molecule has 0 unspecified atom stereocenters. The Balaban J connectivity index is 2.11. The zero-order valence-electron chi connectivity index (χ0n) is 20.1. The molecule has 35 heavy (non-hydrogen) atoms. The molecule has 0 saturated heterocycles. The van der Waals surface area contributed by atoms with Crippen molar-refractivity contribution < 1.29 is 12.8 Å². The Morgan fingerprint density at radius 3 is 1.80 bits per heavy atom. The molecule has 1 aromatic heterocycles. The molecular weight excluding hydrogens is 461 g/mol. The number of aromatic nitrogens is 2. The normalized spacial score (nSPS) is 11.7. The molecule has 0 spiro atoms. The predicted molar refractivity (Wildman–Crippen MR) is 138 cm³/mol. The van der Waals surface area contributed by atoms with Crippen LogP contribution in [-0.4, -0.2) is 31.7 Å². The molecule has 1 radical (unpaired) electrons. The lowest BCUT2D eigenvalue weighted by Crippen LogP contribution is -2.28. The summed E-state index contributed by atoms with van der Waals surface area (Å²) in [5.41, 5.74) is 4.63. The fraction of sp³-hybridized carbons (Fsp3) is 0.179. The largest absolute Gasteiger partial charge is 0.241 e. The highest BCUT2D eigenvalue weighted by atomic mass is 32.2. The van der Waals surface area contributed by atoms with Crippen molar-refractivity contribution >= 4 is 16.0 Å². The number of benzene rings is 3. The van der Waals surface area contributed by atoms with E-state index < -0.39 is 10.0 Å². The molecule has 0 saturated carbocycles. The summed E-state index contributed by atoms with van der Waals surface area (Å²) in [5, 5.41) is 0. The van der Waals surface area contributed by atoms with Crippen molar-refractivity contribution in [1.29, 1.82) is 0 Å². The maximum atomic E-state index is 13.8. The predicted octanol–water partition coefficient (Wildman–Crippen LogP) is 5.82. The molecule has 5 nitrogen and oxygen atoms in total. The van der Waals surface area contributed by atoms with Crippen LogP contribution in [0.3, 0.4) is 0 Å². The highest BCUT2D eigenvalue weighted by Crippen LogP contribution is 2.41. The summed E-state index contributed by atoms with van der Waals surface area (Å²) in [5.74, 6) is 0.570. The molecule has 0 aliphatic rings. The summed E-state index contributed by atoms with van der Waals surface area (Å²) >= 11 is 0. The van der Waals surface area contributed by atoms with Crippen LogP contribution in [0.4, 0.5) is 10.3 Å². The topological polar surface area (TPSA) is 63.2 Å². The zero-order valence-corrected chi connectivity index (χ0v) is 20.9. The van der Waals surface area contributed by atoms with Crippen LogP contribution >= 0.6 is 0 Å². The van der Waals surface area contributed by atoms with Gasteiger partial charge in [0.25, 0.3) is 0 Å². The van der Waals surface area contributed by atoms with Crippen LogP contribution in [0.25, 0.3) is 11.3 Å². The fourth-order valence-corrected chi connectivity index (χ4v) is 4.28. The Morgan fingerprint density at radius 2 is 1.34 bits per heavy atom. The molecule has 179 valence electrons. The van der Waals surface area contributed by atoms with Crippen LogP contribution in [0, 0.1) is 11.7 Å². The molecule has 4 aromatic rings. The summed E-state index contributed by atoms with van der Waals surface area (Å²) < 4.78 is 39.6. The maximum Gasteiger partial charge on any atom is 0.239 e. The molecule has 0 aliphatic carbocycles. The number of rotatable bonds is 7. The standard InChI is InChI=1S/C28H27FN3O2S/c1-19(2)26-25(24(20-11-7-5-8-12-20)21-13-9-6-10-14-21)27(22-15-17-23(29)18-16-22)31-28(30-26)32(3)35(4,33)34/h5-19H,1-4H3. The van der Waals surface area contributed by atoms with Crippen LogP contribution in [0.15, 0.2) is 84.9 Å². The van der Waals surface area contributed by atoms with Crippen molar-refractivity contribution in [2.75, 3.05) is 17.6 Å². The first kappa shape index (κ1) is 24.5. The van der Waals surface area contributed by atoms with E-state index in [0.29, 0.717) is 17.0 Å². The Morgan fingerprint density at radius 1 is 0.829 bits per heavy atom. The van der Waals surface area contributed by atoms with Crippen molar-refractivity contribution in [3.05, 3.63) is 119 Å². The molecule has 3 aromatic carbocycles. The second-order valence-corrected chi connectivity index (χ2v) is 10.6. The minimum atomic E-state index is -3.60. The summed E-state index contributed by atoms with van der Waals surface area (Å²) in [4.78, 5) is 9.50. The van der Waals surface area contributed by atoms with Gasteiger partial charge in [0.1, 0.15) is 5.82 Å². The SMILES string of the molecule is CC(C)c1nc(N(C)S(C)(=O)=O)nc(-c2ccc(F)cc2)c1[C](c1ccccc1)c1ccccc1. The first-order valence-corrected chi connectivity index (χ1v) is 13.1. The Bertz CT molecular complexity index is 1370. The van der Waals surface area contributed by atoms with Gasteiger partial charge in [-0.1, -0.05) is 74.5 Å². The summed E-state index contributed by atoms with van der Waals surface area (Å²) in [6, 6.07) is 26.0. The second-order valence-electron chi connectivity index (χ2n) is 8.63. The molecule has 4 rings (SSSR count). The van der Waals surface area contributed by atoms with E-state index in [4.69, 9.17) is 9.97 Å².